The van der Waals surface area contributed by atoms with Crippen molar-refractivity contribution in [1.82, 2.24) is 0 Å². The lowest BCUT2D eigenvalue weighted by molar-refractivity contribution is 1.50. The summed E-state index contributed by atoms with van der Waals surface area (Å²) < 4.78 is 0. The van der Waals surface area contributed by atoms with Gasteiger partial charge in [-0.15, -0.1) is 11.3 Å². The maximum Gasteiger partial charge on any atom is 0.0880 e. The Hall–Kier alpha value is -0.700. The molecule has 4 N–H and O–H groups in total. The van der Waals surface area contributed by atoms with E-state index in [0.29, 0.717) is 0 Å². The lowest BCUT2D eigenvalue weighted by Crippen LogP contribution is -1.81. The van der Waals surface area contributed by atoms with Gasteiger partial charge in [0.2, 0.25) is 0 Å². The molecule has 0 aliphatic heterocycles. The first-order valence-electron chi connectivity index (χ1n) is 3.31. The third kappa shape index (κ3) is 2.27. The van der Waals surface area contributed by atoms with Crippen LogP contribution in [0.2, 0.25) is 0 Å². The van der Waals surface area contributed by atoms with E-state index in [9.17, 15) is 0 Å². The van der Waals surface area contributed by atoms with E-state index < -0.39 is 0 Å². The number of nitrogens with two attached hydrogens (primary N) is 2. The molecule has 0 atom stereocenters. The minimum Gasteiger partial charge on any atom is -0.398 e. The summed E-state index contributed by atoms with van der Waals surface area (Å²) in [5.74, 6) is 0. The van der Waals surface area contributed by atoms with E-state index in [2.05, 4.69) is 0 Å². The Morgan fingerprint density at radius 2 is 1.80 bits per heavy atom. The number of thiophene rings is 1. The van der Waals surface area contributed by atoms with Gasteiger partial charge in [-0.2, -0.15) is 0 Å². The molecule has 0 amide bonds. The molecular formula is C7H14N2S. The van der Waals surface area contributed by atoms with Crippen LogP contribution in [0, 0.1) is 6.92 Å². The third-order valence-corrected chi connectivity index (χ3v) is 1.87. The number of hydrogen-bond acceptors (Lipinski definition) is 3. The highest BCUT2D eigenvalue weighted by atomic mass is 32.1. The first kappa shape index (κ1) is 9.30. The lowest BCUT2D eigenvalue weighted by atomic mass is 10.4. The Morgan fingerprint density at radius 1 is 1.30 bits per heavy atom. The van der Waals surface area contributed by atoms with Gasteiger partial charge in [-0.3, -0.25) is 0 Å². The van der Waals surface area contributed by atoms with Crippen molar-refractivity contribution in [2.75, 3.05) is 11.5 Å². The quantitative estimate of drug-likeness (QED) is 0.608. The highest BCUT2D eigenvalue weighted by molar-refractivity contribution is 7.16. The SMILES string of the molecule is CC.Cc1sc(N)cc1N. The fraction of sp³-hybridized carbons (Fsp3) is 0.429. The van der Waals surface area contributed by atoms with Gasteiger partial charge >= 0.3 is 0 Å². The summed E-state index contributed by atoms with van der Waals surface area (Å²) in [5.41, 5.74) is 11.7. The highest BCUT2D eigenvalue weighted by Gasteiger charge is 1.95. The summed E-state index contributed by atoms with van der Waals surface area (Å²) in [6.07, 6.45) is 0. The molecule has 0 unspecified atom stereocenters. The molecule has 3 heteroatoms. The lowest BCUT2D eigenvalue weighted by Gasteiger charge is -1.80. The van der Waals surface area contributed by atoms with Gasteiger partial charge < -0.3 is 11.5 Å². The van der Waals surface area contributed by atoms with E-state index in [0.717, 1.165) is 15.6 Å². The summed E-state index contributed by atoms with van der Waals surface area (Å²) in [7, 11) is 0. The summed E-state index contributed by atoms with van der Waals surface area (Å²) in [6.45, 7) is 5.95. The Labute approximate surface area is 65.9 Å². The number of nitrogen functional groups attached to an aromatic ring is 2. The minimum absolute atomic E-state index is 0.792. The van der Waals surface area contributed by atoms with Gasteiger partial charge in [-0.05, 0) is 13.0 Å². The van der Waals surface area contributed by atoms with E-state index in [-0.39, 0.29) is 0 Å². The number of aryl methyl sites for hydroxylation is 1. The molecule has 0 aromatic carbocycles. The average Bonchev–Trinajstić information content (AvgIpc) is 2.16. The normalized spacial score (nSPS) is 8.30. The van der Waals surface area contributed by atoms with Gasteiger partial charge in [0, 0.05) is 10.6 Å². The largest absolute Gasteiger partial charge is 0.398 e. The first-order valence-corrected chi connectivity index (χ1v) is 4.13. The zero-order valence-corrected chi connectivity index (χ0v) is 7.46. The topological polar surface area (TPSA) is 52.0 Å². The molecule has 1 aromatic rings. The smallest absolute Gasteiger partial charge is 0.0880 e. The van der Waals surface area contributed by atoms with Crippen LogP contribution in [0.1, 0.15) is 18.7 Å². The second kappa shape index (κ2) is 4.17. The molecular weight excluding hydrogens is 144 g/mol. The Kier molecular flexibility index (Phi) is 3.88. The number of anilines is 2. The van der Waals surface area contributed by atoms with Gasteiger partial charge in [-0.25, -0.2) is 0 Å². The minimum atomic E-state index is 0.792. The molecule has 0 aliphatic rings. The summed E-state index contributed by atoms with van der Waals surface area (Å²) >= 11 is 1.52. The van der Waals surface area contributed by atoms with Crippen LogP contribution in [0.15, 0.2) is 6.07 Å². The van der Waals surface area contributed by atoms with Crippen LogP contribution in [0.25, 0.3) is 0 Å². The second-order valence-electron chi connectivity index (χ2n) is 1.66. The Morgan fingerprint density at radius 3 is 1.90 bits per heavy atom. The molecule has 10 heavy (non-hydrogen) atoms. The zero-order valence-electron chi connectivity index (χ0n) is 6.64. The monoisotopic (exact) mass is 158 g/mol. The predicted octanol–water partition coefficient (Wildman–Crippen LogP) is 2.25. The van der Waals surface area contributed by atoms with Crippen molar-refractivity contribution < 1.29 is 0 Å². The van der Waals surface area contributed by atoms with Crippen molar-refractivity contribution in [2.45, 2.75) is 20.8 Å². The van der Waals surface area contributed by atoms with Crippen LogP contribution in [-0.2, 0) is 0 Å². The van der Waals surface area contributed by atoms with E-state index in [1.165, 1.54) is 11.3 Å². The summed E-state index contributed by atoms with van der Waals surface area (Å²) in [6, 6.07) is 1.78. The van der Waals surface area contributed by atoms with Gasteiger partial charge in [0.1, 0.15) is 0 Å². The first-order chi connectivity index (χ1) is 4.70. The molecule has 0 aliphatic carbocycles. The number of rotatable bonds is 0. The molecule has 0 spiro atoms. The maximum atomic E-state index is 5.47. The van der Waals surface area contributed by atoms with Gasteiger partial charge in [0.05, 0.1) is 5.00 Å². The van der Waals surface area contributed by atoms with Crippen LogP contribution in [0.5, 0.6) is 0 Å². The standard InChI is InChI=1S/C5H8N2S.C2H6/c1-3-4(6)2-5(7)8-3;1-2/h2H,6-7H2,1H3;1-2H3. The van der Waals surface area contributed by atoms with Crippen molar-refractivity contribution in [3.8, 4) is 0 Å². The molecule has 0 saturated heterocycles. The predicted molar refractivity (Wildman–Crippen MR) is 49.2 cm³/mol. The van der Waals surface area contributed by atoms with Crippen LogP contribution >= 0.6 is 11.3 Å². The average molecular weight is 158 g/mol. The molecule has 0 bridgehead atoms. The van der Waals surface area contributed by atoms with Crippen molar-refractivity contribution in [3.05, 3.63) is 10.9 Å². The van der Waals surface area contributed by atoms with E-state index in [1.807, 2.05) is 20.8 Å². The van der Waals surface area contributed by atoms with Crippen LogP contribution in [0.3, 0.4) is 0 Å². The summed E-state index contributed by atoms with van der Waals surface area (Å²) in [5, 5.41) is 0.792. The third-order valence-electron chi connectivity index (χ3n) is 0.975. The molecule has 1 rings (SSSR count). The van der Waals surface area contributed by atoms with Crippen molar-refractivity contribution >= 4 is 22.0 Å². The Bertz CT molecular complexity index is 174. The Balaban J connectivity index is 0.000000371. The van der Waals surface area contributed by atoms with E-state index in [4.69, 9.17) is 11.5 Å². The van der Waals surface area contributed by atoms with Crippen molar-refractivity contribution in [3.63, 3.8) is 0 Å². The number of hydrogen-bond donors (Lipinski definition) is 2. The van der Waals surface area contributed by atoms with Gasteiger partial charge in [0.15, 0.2) is 0 Å². The van der Waals surface area contributed by atoms with E-state index >= 15 is 0 Å². The molecule has 0 radical (unpaired) electrons. The van der Waals surface area contributed by atoms with Crippen molar-refractivity contribution in [2.24, 2.45) is 0 Å². The molecule has 1 heterocycles. The van der Waals surface area contributed by atoms with Crippen LogP contribution < -0.4 is 11.5 Å². The fourth-order valence-corrected chi connectivity index (χ4v) is 1.24. The molecule has 58 valence electrons. The fourth-order valence-electron chi connectivity index (χ4n) is 0.520. The van der Waals surface area contributed by atoms with Gasteiger partial charge in [-0.1, -0.05) is 13.8 Å². The zero-order chi connectivity index (χ0) is 8.15. The van der Waals surface area contributed by atoms with Gasteiger partial charge in [0.25, 0.3) is 0 Å². The second-order valence-corrected chi connectivity index (χ2v) is 2.95. The van der Waals surface area contributed by atoms with Crippen molar-refractivity contribution in [1.29, 1.82) is 0 Å². The molecule has 2 nitrogen and oxygen atoms in total. The van der Waals surface area contributed by atoms with Crippen LogP contribution in [0.4, 0.5) is 10.7 Å². The van der Waals surface area contributed by atoms with E-state index in [1.54, 1.807) is 6.07 Å². The molecule has 0 fully saturated rings. The molecule has 1 aromatic heterocycles. The molecule has 0 saturated carbocycles. The highest BCUT2D eigenvalue weighted by Crippen LogP contribution is 2.24. The maximum absolute atomic E-state index is 5.47. The van der Waals surface area contributed by atoms with Crippen LogP contribution in [-0.4, -0.2) is 0 Å². The summed E-state index contributed by atoms with van der Waals surface area (Å²) in [4.78, 5) is 1.10.